The van der Waals surface area contributed by atoms with Crippen LogP contribution in [0.4, 0.5) is 0 Å². The van der Waals surface area contributed by atoms with Crippen molar-refractivity contribution < 1.29 is 34.1 Å². The van der Waals surface area contributed by atoms with Gasteiger partial charge in [0.25, 0.3) is 5.91 Å². The molecule has 2 aliphatic carbocycles. The third-order valence-corrected chi connectivity index (χ3v) is 13.4. The molecule has 0 radical (unpaired) electrons. The number of carbonyl (C=O) groups is 1. The molecule has 1 aliphatic heterocycles. The molecule has 8 rings (SSSR count). The lowest BCUT2D eigenvalue weighted by molar-refractivity contribution is -0.255. The Balaban J connectivity index is 1.35. The van der Waals surface area contributed by atoms with Crippen molar-refractivity contribution in [3.8, 4) is 17.6 Å². The van der Waals surface area contributed by atoms with Crippen molar-refractivity contribution in [2.24, 2.45) is 22.9 Å². The van der Waals surface area contributed by atoms with Gasteiger partial charge in [0.2, 0.25) is 5.79 Å². The van der Waals surface area contributed by atoms with Gasteiger partial charge in [-0.1, -0.05) is 78.7 Å². The highest BCUT2D eigenvalue weighted by Crippen LogP contribution is 2.62. The molecule has 4 aromatic carbocycles. The van der Waals surface area contributed by atoms with E-state index in [1.54, 1.807) is 30.3 Å². The summed E-state index contributed by atoms with van der Waals surface area (Å²) in [4.78, 5) is 28.1. The van der Waals surface area contributed by atoms with Gasteiger partial charge in [-0.3, -0.25) is 9.78 Å². The number of aliphatic hydroxyl groups excluding tert-OH is 2. The molecule has 11 heteroatoms. The molecule has 0 bridgehead atoms. The highest BCUT2D eigenvalue weighted by molar-refractivity contribution is 6.03. The van der Waals surface area contributed by atoms with E-state index in [1.807, 2.05) is 67.3 Å². The summed E-state index contributed by atoms with van der Waals surface area (Å²) >= 11 is 0. The maximum absolute atomic E-state index is 15.5. The number of fused-ring (bicyclic) bond motifs is 3. The average Bonchev–Trinajstić information content (AvgIpc) is 3.34. The number of ether oxygens (including phenoxy) is 3. The van der Waals surface area contributed by atoms with E-state index in [-0.39, 0.29) is 63.1 Å². The molecule has 6 unspecified atom stereocenters. The molecule has 2 heterocycles. The van der Waals surface area contributed by atoms with Crippen LogP contribution < -0.4 is 9.47 Å². The fourth-order valence-corrected chi connectivity index (χ4v) is 10.5. The molecule has 5 aromatic rings. The molecule has 1 aromatic heterocycles. The highest BCUT2D eigenvalue weighted by atomic mass is 16.7. The van der Waals surface area contributed by atoms with Gasteiger partial charge in [0, 0.05) is 48.9 Å². The summed E-state index contributed by atoms with van der Waals surface area (Å²) in [6.07, 6.45) is 8.90. The molecule has 3 aliphatic rings. The first-order valence-electron chi connectivity index (χ1n) is 23.4. The van der Waals surface area contributed by atoms with Crippen molar-refractivity contribution >= 4 is 22.4 Å². The number of aliphatic hydroxyl groups is 2. The molecular formula is C55H60N4O7. The van der Waals surface area contributed by atoms with Gasteiger partial charge in [-0.25, -0.2) is 0 Å². The molecule has 1 saturated carbocycles. The van der Waals surface area contributed by atoms with Gasteiger partial charge in [-0.2, -0.15) is 5.26 Å². The first-order chi connectivity index (χ1) is 32.3. The van der Waals surface area contributed by atoms with Gasteiger partial charge < -0.3 is 34.2 Å². The number of aryl methyl sites for hydroxylation is 1. The molecule has 2 N–H and O–H groups in total. The Kier molecular flexibility index (Phi) is 14.9. The van der Waals surface area contributed by atoms with Crippen LogP contribution in [0.15, 0.2) is 133 Å². The fraction of sp³-hybridized carbons (Fsp3) is 0.382. The minimum atomic E-state index is -1.46. The molecule has 6 atom stereocenters. The van der Waals surface area contributed by atoms with E-state index >= 15 is 4.79 Å². The average molecular weight is 889 g/mol. The Bertz CT molecular complexity index is 2600. The maximum Gasteiger partial charge on any atom is 0.254 e. The van der Waals surface area contributed by atoms with Gasteiger partial charge in [-0.05, 0) is 128 Å². The van der Waals surface area contributed by atoms with Crippen LogP contribution in [0.3, 0.4) is 0 Å². The van der Waals surface area contributed by atoms with Crippen LogP contribution in [-0.2, 0) is 22.7 Å². The lowest BCUT2D eigenvalue weighted by atomic mass is 9.55. The van der Waals surface area contributed by atoms with Gasteiger partial charge in [0.05, 0.1) is 35.6 Å². The predicted octanol–water partition coefficient (Wildman–Crippen LogP) is 9.99. The Hall–Kier alpha value is -6.32. The third kappa shape index (κ3) is 9.64. The number of nitriles is 1. The van der Waals surface area contributed by atoms with E-state index in [9.17, 15) is 15.5 Å². The Morgan fingerprint density at radius 1 is 0.985 bits per heavy atom. The number of aromatic nitrogens is 1. The third-order valence-electron chi connectivity index (χ3n) is 13.4. The molecule has 0 saturated heterocycles. The minimum Gasteiger partial charge on any atom is -0.487 e. The number of pyridine rings is 1. The first kappa shape index (κ1) is 46.2. The second-order valence-corrected chi connectivity index (χ2v) is 17.5. The summed E-state index contributed by atoms with van der Waals surface area (Å²) in [7, 11) is 0. The van der Waals surface area contributed by atoms with E-state index in [4.69, 9.17) is 24.2 Å². The molecule has 66 heavy (non-hydrogen) atoms. The number of rotatable bonds is 20. The Labute approximate surface area is 388 Å². The number of oxime groups is 1. The van der Waals surface area contributed by atoms with E-state index in [0.29, 0.717) is 42.1 Å². The van der Waals surface area contributed by atoms with Crippen LogP contribution in [0.25, 0.3) is 10.8 Å². The number of carbonyl (C=O) groups excluding carboxylic acids is 1. The normalized spacial score (nSPS) is 22.3. The largest absolute Gasteiger partial charge is 0.487 e. The number of hydrogen-bond donors (Lipinski definition) is 2. The standard InChI is InChI=1S/C55H60N4O7/c1-4-30-64-55-51(59(54(62)40-24-22-38(34-56)23-25-40)35-42-18-13-17-39-15-6-7-20-45(39)42)33-49(58-65-5-2)47-31-41(16-8-10-28-60)46(21-9-11-29-61)52(53(47)55)48-32-44(26-27-50(48)66-55)63-36-43-19-12-14-37(3)57-43/h4,6-7,12-15,17-20,22-27,31-32,41,46,51-53,60-61H,1,5,8-11,16,21,28-30,33,35-36H2,2-3H3. The number of nitrogens with zero attached hydrogens (tertiary/aromatic N) is 4. The zero-order valence-corrected chi connectivity index (χ0v) is 38.0. The van der Waals surface area contributed by atoms with Crippen molar-refractivity contribution in [3.05, 3.63) is 161 Å². The van der Waals surface area contributed by atoms with Crippen molar-refractivity contribution in [2.75, 3.05) is 26.4 Å². The zero-order chi connectivity index (χ0) is 46.0. The number of benzene rings is 4. The molecular weight excluding hydrogens is 829 g/mol. The molecule has 0 spiro atoms. The SMILES string of the molecule is C=CCOC12Oc3ccc(OCc4cccc(C)n4)cc3C3C(CCCCO)C(CCCCO)C=C(C(=NOCC)CC1N(Cc1cccc4ccccc14)C(=O)c1ccc(C#N)cc1)C32. The van der Waals surface area contributed by atoms with E-state index < -0.39 is 17.7 Å². The van der Waals surface area contributed by atoms with Crippen LogP contribution in [-0.4, -0.2) is 70.0 Å². The van der Waals surface area contributed by atoms with E-state index in [1.165, 1.54) is 0 Å². The topological polar surface area (TPSA) is 147 Å². The lowest BCUT2D eigenvalue weighted by Gasteiger charge is -2.60. The second-order valence-electron chi connectivity index (χ2n) is 17.5. The maximum atomic E-state index is 15.5. The monoisotopic (exact) mass is 888 g/mol. The summed E-state index contributed by atoms with van der Waals surface area (Å²) in [5.74, 6) is -1.01. The smallest absolute Gasteiger partial charge is 0.254 e. The van der Waals surface area contributed by atoms with Crippen LogP contribution in [0.2, 0.25) is 0 Å². The lowest BCUT2D eigenvalue weighted by Crippen LogP contribution is -2.70. The fourth-order valence-electron chi connectivity index (χ4n) is 10.5. The Morgan fingerprint density at radius 2 is 1.76 bits per heavy atom. The highest BCUT2D eigenvalue weighted by Gasteiger charge is 2.65. The van der Waals surface area contributed by atoms with Crippen molar-refractivity contribution in [3.63, 3.8) is 0 Å². The quantitative estimate of drug-likeness (QED) is 0.0443. The van der Waals surface area contributed by atoms with Crippen LogP contribution >= 0.6 is 0 Å². The van der Waals surface area contributed by atoms with Crippen LogP contribution in [0, 0.1) is 36.0 Å². The number of hydrogen-bond acceptors (Lipinski definition) is 10. The summed E-state index contributed by atoms with van der Waals surface area (Å²) in [6, 6.07) is 34.4. The van der Waals surface area contributed by atoms with Gasteiger partial charge in [0.15, 0.2) is 0 Å². The van der Waals surface area contributed by atoms with Crippen LogP contribution in [0.1, 0.15) is 96.2 Å². The van der Waals surface area contributed by atoms with Gasteiger partial charge in [-0.15, -0.1) is 6.58 Å². The minimum absolute atomic E-state index is 0.0416. The molecule has 1 amide bonds. The first-order valence-corrected chi connectivity index (χ1v) is 23.4. The Morgan fingerprint density at radius 3 is 2.52 bits per heavy atom. The second kappa shape index (κ2) is 21.3. The summed E-state index contributed by atoms with van der Waals surface area (Å²) < 4.78 is 21.2. The van der Waals surface area contributed by atoms with Gasteiger partial charge in [0.1, 0.15) is 30.8 Å². The summed E-state index contributed by atoms with van der Waals surface area (Å²) in [5.41, 5.74) is 6.20. The summed E-state index contributed by atoms with van der Waals surface area (Å²) in [5, 5.41) is 36.7. The number of allylic oxidation sites excluding steroid dienone is 1. The molecule has 1 fully saturated rings. The van der Waals surface area contributed by atoms with Crippen molar-refractivity contribution in [1.29, 1.82) is 5.26 Å². The van der Waals surface area contributed by atoms with Crippen LogP contribution in [0.5, 0.6) is 11.5 Å². The molecule has 11 nitrogen and oxygen atoms in total. The van der Waals surface area contributed by atoms with Crippen molar-refractivity contribution in [2.45, 2.75) is 89.7 Å². The summed E-state index contributed by atoms with van der Waals surface area (Å²) in [6.45, 7) is 9.12. The number of unbranched alkanes of at least 4 members (excludes halogenated alkanes) is 2. The van der Waals surface area contributed by atoms with Crippen molar-refractivity contribution in [1.82, 2.24) is 9.88 Å². The van der Waals surface area contributed by atoms with E-state index in [0.717, 1.165) is 70.3 Å². The predicted molar refractivity (Wildman–Crippen MR) is 255 cm³/mol. The van der Waals surface area contributed by atoms with E-state index in [2.05, 4.69) is 54.0 Å². The van der Waals surface area contributed by atoms with Gasteiger partial charge >= 0.3 is 0 Å². The molecule has 342 valence electrons. The zero-order valence-electron chi connectivity index (χ0n) is 38.0. The number of amides is 1.